The summed E-state index contributed by atoms with van der Waals surface area (Å²) in [7, 11) is 0. The molecule has 4 N–H and O–H groups in total. The highest BCUT2D eigenvalue weighted by atomic mass is 19.4. The number of nitrogens with zero attached hydrogens (tertiary/aromatic N) is 2. The van der Waals surface area contributed by atoms with Gasteiger partial charge in [-0.25, -0.2) is 9.97 Å². The number of ether oxygens (including phenoxy) is 3. The van der Waals surface area contributed by atoms with E-state index in [-0.39, 0.29) is 11.7 Å². The minimum atomic E-state index is -4.75. The van der Waals surface area contributed by atoms with Crippen molar-refractivity contribution < 1.29 is 32.2 Å². The minimum Gasteiger partial charge on any atom is -0.406 e. The number of aromatic nitrogens is 2. The number of nitrogens with one attached hydrogen (secondary N) is 2. The van der Waals surface area contributed by atoms with Gasteiger partial charge in [-0.2, -0.15) is 0 Å². The number of carbonyl (C=O) groups is 1. The fraction of sp³-hybridized carbons (Fsp3) is 0.292. The molecule has 0 aliphatic heterocycles. The molecule has 36 heavy (non-hydrogen) atoms. The number of amides is 1. The Morgan fingerprint density at radius 3 is 2.42 bits per heavy atom. The van der Waals surface area contributed by atoms with Gasteiger partial charge in [-0.15, -0.1) is 13.2 Å². The van der Waals surface area contributed by atoms with E-state index in [0.717, 1.165) is 0 Å². The maximum atomic E-state index is 12.5. The number of rotatable bonds is 13. The van der Waals surface area contributed by atoms with Crippen LogP contribution in [0, 0.1) is 0 Å². The third kappa shape index (κ3) is 9.13. The van der Waals surface area contributed by atoms with Crippen LogP contribution in [0.2, 0.25) is 0 Å². The molecule has 0 aliphatic rings. The lowest BCUT2D eigenvalue weighted by Gasteiger charge is -2.11. The van der Waals surface area contributed by atoms with Crippen LogP contribution in [0.3, 0.4) is 0 Å². The highest BCUT2D eigenvalue weighted by molar-refractivity contribution is 5.95. The summed E-state index contributed by atoms with van der Waals surface area (Å²) >= 11 is 0. The largest absolute Gasteiger partial charge is 0.573 e. The van der Waals surface area contributed by atoms with Gasteiger partial charge in [0.1, 0.15) is 17.9 Å². The van der Waals surface area contributed by atoms with Crippen molar-refractivity contribution >= 4 is 17.4 Å². The van der Waals surface area contributed by atoms with Crippen molar-refractivity contribution in [3.05, 3.63) is 66.5 Å². The molecule has 0 saturated carbocycles. The van der Waals surface area contributed by atoms with E-state index in [1.54, 1.807) is 30.3 Å². The zero-order valence-corrected chi connectivity index (χ0v) is 19.3. The fourth-order valence-corrected chi connectivity index (χ4v) is 3.04. The number of carbonyl (C=O) groups excluding carboxylic acids is 1. The van der Waals surface area contributed by atoms with Crippen LogP contribution >= 0.6 is 0 Å². The van der Waals surface area contributed by atoms with E-state index in [1.165, 1.54) is 30.6 Å². The van der Waals surface area contributed by atoms with Gasteiger partial charge in [-0.05, 0) is 36.4 Å². The predicted molar refractivity (Wildman–Crippen MR) is 127 cm³/mol. The van der Waals surface area contributed by atoms with E-state index >= 15 is 0 Å². The van der Waals surface area contributed by atoms with E-state index in [4.69, 9.17) is 15.2 Å². The van der Waals surface area contributed by atoms with E-state index < -0.39 is 6.36 Å². The van der Waals surface area contributed by atoms with Crippen molar-refractivity contribution in [1.29, 1.82) is 0 Å². The number of anilines is 2. The molecule has 3 aromatic rings. The molecule has 12 heteroatoms. The van der Waals surface area contributed by atoms with E-state index in [2.05, 4.69) is 25.3 Å². The summed E-state index contributed by atoms with van der Waals surface area (Å²) in [5, 5.41) is 5.79. The zero-order chi connectivity index (χ0) is 25.8. The molecule has 0 fully saturated rings. The first-order valence-corrected chi connectivity index (χ1v) is 11.0. The van der Waals surface area contributed by atoms with Crippen molar-refractivity contribution in [2.45, 2.75) is 6.36 Å². The number of hydrogen-bond donors (Lipinski definition) is 3. The standard InChI is InChI=1S/C24H26F3N5O4/c25-24(26,27)36-20-6-4-19(5-7-20)32-22-15-21(30-16-31-22)17-2-1-3-18(14-17)23(33)29-9-11-35-13-12-34-10-8-28/h1-7,14-16H,8-13,28H2,(H,29,33)(H,30,31,32). The maximum absolute atomic E-state index is 12.5. The van der Waals surface area contributed by atoms with Crippen LogP contribution in [0.4, 0.5) is 24.7 Å². The number of benzene rings is 2. The second-order valence-electron chi connectivity index (χ2n) is 7.34. The summed E-state index contributed by atoms with van der Waals surface area (Å²) in [4.78, 5) is 20.9. The molecule has 1 amide bonds. The summed E-state index contributed by atoms with van der Waals surface area (Å²) in [6, 6.07) is 13.9. The normalized spacial score (nSPS) is 11.2. The maximum Gasteiger partial charge on any atom is 0.573 e. The van der Waals surface area contributed by atoms with Crippen LogP contribution in [0.5, 0.6) is 5.75 Å². The number of halogens is 3. The van der Waals surface area contributed by atoms with Crippen LogP contribution < -0.4 is 21.1 Å². The molecular formula is C24H26F3N5O4. The number of nitrogens with two attached hydrogens (primary N) is 1. The Morgan fingerprint density at radius 2 is 1.69 bits per heavy atom. The molecule has 0 aliphatic carbocycles. The van der Waals surface area contributed by atoms with Crippen molar-refractivity contribution in [3.63, 3.8) is 0 Å². The molecule has 0 saturated heterocycles. The lowest BCUT2D eigenvalue weighted by atomic mass is 10.1. The molecule has 1 aromatic heterocycles. The second-order valence-corrected chi connectivity index (χ2v) is 7.34. The van der Waals surface area contributed by atoms with Crippen LogP contribution in [0.15, 0.2) is 60.9 Å². The average Bonchev–Trinajstić information content (AvgIpc) is 2.86. The molecule has 0 bridgehead atoms. The second kappa shape index (κ2) is 13.4. The lowest BCUT2D eigenvalue weighted by molar-refractivity contribution is -0.274. The summed E-state index contributed by atoms with van der Waals surface area (Å²) in [5.74, 6) is -0.157. The van der Waals surface area contributed by atoms with E-state index in [1.807, 2.05) is 0 Å². The Kier molecular flexibility index (Phi) is 9.98. The average molecular weight is 505 g/mol. The first-order chi connectivity index (χ1) is 17.3. The van der Waals surface area contributed by atoms with Crippen molar-refractivity contribution in [2.75, 3.05) is 44.8 Å². The lowest BCUT2D eigenvalue weighted by Crippen LogP contribution is -2.27. The monoisotopic (exact) mass is 505 g/mol. The highest BCUT2D eigenvalue weighted by Crippen LogP contribution is 2.26. The van der Waals surface area contributed by atoms with Gasteiger partial charge in [-0.3, -0.25) is 4.79 Å². The van der Waals surface area contributed by atoms with Gasteiger partial charge >= 0.3 is 6.36 Å². The van der Waals surface area contributed by atoms with Gasteiger partial charge in [0.05, 0.1) is 32.1 Å². The van der Waals surface area contributed by atoms with Gasteiger partial charge in [0, 0.05) is 36.0 Å². The van der Waals surface area contributed by atoms with Crippen molar-refractivity contribution in [3.8, 4) is 17.0 Å². The summed E-state index contributed by atoms with van der Waals surface area (Å²) < 4.78 is 51.4. The Hall–Kier alpha value is -3.74. The Morgan fingerprint density at radius 1 is 0.944 bits per heavy atom. The molecule has 0 radical (unpaired) electrons. The Balaban J connectivity index is 1.55. The Labute approximate surface area is 205 Å². The molecule has 1 heterocycles. The van der Waals surface area contributed by atoms with E-state index in [0.29, 0.717) is 67.8 Å². The van der Waals surface area contributed by atoms with Gasteiger partial charge in [0.25, 0.3) is 5.91 Å². The zero-order valence-electron chi connectivity index (χ0n) is 19.3. The van der Waals surface area contributed by atoms with Crippen molar-refractivity contribution in [1.82, 2.24) is 15.3 Å². The summed E-state index contributed by atoms with van der Waals surface area (Å²) in [5.41, 5.74) is 7.54. The molecule has 0 unspecified atom stereocenters. The third-order valence-corrected chi connectivity index (χ3v) is 4.61. The van der Waals surface area contributed by atoms with Crippen LogP contribution in [-0.4, -0.2) is 61.8 Å². The predicted octanol–water partition coefficient (Wildman–Crippen LogP) is 3.51. The number of alkyl halides is 3. The minimum absolute atomic E-state index is 0.256. The molecular weight excluding hydrogens is 479 g/mol. The van der Waals surface area contributed by atoms with Gasteiger partial charge in [0.2, 0.25) is 0 Å². The molecule has 192 valence electrons. The number of hydrogen-bond acceptors (Lipinski definition) is 8. The molecule has 3 rings (SSSR count). The molecule has 2 aromatic carbocycles. The Bertz CT molecular complexity index is 1110. The fourth-order valence-electron chi connectivity index (χ4n) is 3.04. The molecule has 9 nitrogen and oxygen atoms in total. The summed E-state index contributed by atoms with van der Waals surface area (Å²) in [6.07, 6.45) is -3.41. The van der Waals surface area contributed by atoms with Crippen LogP contribution in [0.1, 0.15) is 10.4 Å². The van der Waals surface area contributed by atoms with Gasteiger partial charge < -0.3 is 30.6 Å². The molecule has 0 spiro atoms. The quantitative estimate of drug-likeness (QED) is 0.302. The summed E-state index contributed by atoms with van der Waals surface area (Å²) in [6.45, 7) is 2.49. The SMILES string of the molecule is NCCOCCOCCNC(=O)c1cccc(-c2cc(Nc3ccc(OC(F)(F)F)cc3)ncn2)c1. The highest BCUT2D eigenvalue weighted by Gasteiger charge is 2.30. The smallest absolute Gasteiger partial charge is 0.406 e. The van der Waals surface area contributed by atoms with Crippen LogP contribution in [0.25, 0.3) is 11.3 Å². The van der Waals surface area contributed by atoms with E-state index in [9.17, 15) is 18.0 Å². The third-order valence-electron chi connectivity index (χ3n) is 4.61. The van der Waals surface area contributed by atoms with Crippen molar-refractivity contribution in [2.24, 2.45) is 5.73 Å². The first-order valence-electron chi connectivity index (χ1n) is 11.0. The van der Waals surface area contributed by atoms with Gasteiger partial charge in [0.15, 0.2) is 0 Å². The van der Waals surface area contributed by atoms with Crippen LogP contribution in [-0.2, 0) is 9.47 Å². The topological polar surface area (TPSA) is 121 Å². The molecule has 0 atom stereocenters. The first kappa shape index (κ1) is 26.9. The van der Waals surface area contributed by atoms with Gasteiger partial charge in [-0.1, -0.05) is 12.1 Å².